The Labute approximate surface area is 155 Å². The molecule has 144 valence electrons. The van der Waals surface area contributed by atoms with E-state index in [4.69, 9.17) is 16.3 Å². The zero-order chi connectivity index (χ0) is 19.7. The highest BCUT2D eigenvalue weighted by molar-refractivity contribution is 6.33. The molecule has 0 spiro atoms. The number of nitro groups is 1. The van der Waals surface area contributed by atoms with Crippen molar-refractivity contribution in [3.63, 3.8) is 0 Å². The Morgan fingerprint density at radius 3 is 2.50 bits per heavy atom. The number of hydrogen-bond donors (Lipinski definition) is 1. The molecule has 7 nitrogen and oxygen atoms in total. The van der Waals surface area contributed by atoms with Crippen LogP contribution in [-0.4, -0.2) is 40.3 Å². The fourth-order valence-electron chi connectivity index (χ4n) is 3.50. The molecular weight excluding hydrogens is 367 g/mol. The molecule has 1 aliphatic heterocycles. The highest BCUT2D eigenvalue weighted by atomic mass is 35.5. The van der Waals surface area contributed by atoms with Gasteiger partial charge >= 0.3 is 5.97 Å². The minimum absolute atomic E-state index is 0.0395. The second-order valence-corrected chi connectivity index (χ2v) is 7.66. The number of nitro benzene ring substituents is 1. The zero-order valence-corrected chi connectivity index (χ0v) is 15.7. The fourth-order valence-corrected chi connectivity index (χ4v) is 3.82. The Morgan fingerprint density at radius 2 is 2.04 bits per heavy atom. The minimum Gasteiger partial charge on any atom is -0.460 e. The molecule has 0 amide bonds. The lowest BCUT2D eigenvalue weighted by molar-refractivity contribution is -0.385. The van der Waals surface area contributed by atoms with Crippen molar-refractivity contribution in [3.8, 4) is 0 Å². The van der Waals surface area contributed by atoms with Crippen molar-refractivity contribution in [2.45, 2.75) is 51.2 Å². The van der Waals surface area contributed by atoms with E-state index >= 15 is 0 Å². The van der Waals surface area contributed by atoms with E-state index in [0.29, 0.717) is 25.9 Å². The third-order valence-corrected chi connectivity index (χ3v) is 4.69. The number of non-ortho nitro benzene ring substituents is 1. The summed E-state index contributed by atoms with van der Waals surface area (Å²) in [6, 6.07) is 1.95. The topological polar surface area (TPSA) is 92.9 Å². The predicted octanol–water partition coefficient (Wildman–Crippen LogP) is 3.45. The molecule has 1 N–H and O–H groups in total. The number of hydrogen-bond acceptors (Lipinski definition) is 6. The third kappa shape index (κ3) is 4.82. The number of nitrogens with zero attached hydrogens (tertiary/aromatic N) is 2. The number of esters is 1. The molecule has 2 rings (SSSR count). The Hall–Kier alpha value is -1.93. The summed E-state index contributed by atoms with van der Waals surface area (Å²) >= 11 is 6.04. The van der Waals surface area contributed by atoms with Crippen LogP contribution in [-0.2, 0) is 9.53 Å². The van der Waals surface area contributed by atoms with Crippen molar-refractivity contribution in [2.75, 3.05) is 18.0 Å². The van der Waals surface area contributed by atoms with Gasteiger partial charge in [-0.05, 0) is 26.7 Å². The van der Waals surface area contributed by atoms with Crippen LogP contribution in [0.1, 0.15) is 40.0 Å². The smallest absolute Gasteiger partial charge is 0.303 e. The number of aliphatic hydroxyl groups is 1. The van der Waals surface area contributed by atoms with E-state index in [9.17, 15) is 24.4 Å². The van der Waals surface area contributed by atoms with E-state index < -0.39 is 33.6 Å². The number of halogens is 2. The van der Waals surface area contributed by atoms with Crippen molar-refractivity contribution in [2.24, 2.45) is 0 Å². The molecule has 1 fully saturated rings. The molecule has 0 aromatic heterocycles. The molecule has 0 bridgehead atoms. The first-order valence-corrected chi connectivity index (χ1v) is 8.61. The first-order chi connectivity index (χ1) is 11.9. The summed E-state index contributed by atoms with van der Waals surface area (Å²) < 4.78 is 19.5. The van der Waals surface area contributed by atoms with Gasteiger partial charge in [-0.1, -0.05) is 11.6 Å². The van der Waals surface area contributed by atoms with Crippen LogP contribution in [0.25, 0.3) is 0 Å². The Kier molecular flexibility index (Phi) is 5.77. The fraction of sp³-hybridized carbons (Fsp3) is 0.588. The van der Waals surface area contributed by atoms with Gasteiger partial charge in [0.1, 0.15) is 5.60 Å². The van der Waals surface area contributed by atoms with Crippen LogP contribution in [0.2, 0.25) is 5.02 Å². The molecule has 9 heteroatoms. The molecule has 0 saturated carbocycles. The van der Waals surface area contributed by atoms with Crippen LogP contribution < -0.4 is 4.90 Å². The number of carbonyl (C=O) groups excluding carboxylic acids is 1. The molecule has 1 saturated heterocycles. The second kappa shape index (κ2) is 7.36. The third-order valence-electron chi connectivity index (χ3n) is 4.40. The average Bonchev–Trinajstić information content (AvgIpc) is 2.46. The zero-order valence-electron chi connectivity index (χ0n) is 14.9. The molecule has 26 heavy (non-hydrogen) atoms. The first kappa shape index (κ1) is 20.4. The van der Waals surface area contributed by atoms with E-state index in [-0.39, 0.29) is 17.1 Å². The number of piperidine rings is 1. The Balaban J connectivity index is 2.11. The summed E-state index contributed by atoms with van der Waals surface area (Å²) in [5.41, 5.74) is -2.19. The molecule has 1 aliphatic rings. The predicted molar refractivity (Wildman–Crippen MR) is 94.9 cm³/mol. The summed E-state index contributed by atoms with van der Waals surface area (Å²) in [6.45, 7) is 5.41. The molecule has 0 unspecified atom stereocenters. The highest BCUT2D eigenvalue weighted by Crippen LogP contribution is 2.38. The summed E-state index contributed by atoms with van der Waals surface area (Å²) in [5.74, 6) is -1.19. The van der Waals surface area contributed by atoms with Crippen LogP contribution in [0.15, 0.2) is 12.1 Å². The van der Waals surface area contributed by atoms with Gasteiger partial charge in [0.2, 0.25) is 0 Å². The lowest BCUT2D eigenvalue weighted by Crippen LogP contribution is -2.49. The normalized spacial score (nSPS) is 17.1. The lowest BCUT2D eigenvalue weighted by Gasteiger charge is -2.42. The number of carbonyl (C=O) groups is 1. The van der Waals surface area contributed by atoms with Crippen LogP contribution >= 0.6 is 11.6 Å². The van der Waals surface area contributed by atoms with Gasteiger partial charge < -0.3 is 14.7 Å². The van der Waals surface area contributed by atoms with E-state index in [1.54, 1.807) is 18.7 Å². The first-order valence-electron chi connectivity index (χ1n) is 8.23. The van der Waals surface area contributed by atoms with Crippen LogP contribution in [0.5, 0.6) is 0 Å². The van der Waals surface area contributed by atoms with E-state index in [2.05, 4.69) is 0 Å². The monoisotopic (exact) mass is 388 g/mol. The largest absolute Gasteiger partial charge is 0.460 e. The molecule has 1 aromatic carbocycles. The number of benzene rings is 1. The summed E-state index contributed by atoms with van der Waals surface area (Å²) in [4.78, 5) is 22.9. The quantitative estimate of drug-likeness (QED) is 0.471. The van der Waals surface area contributed by atoms with Gasteiger partial charge in [-0.3, -0.25) is 14.9 Å². The lowest BCUT2D eigenvalue weighted by atomic mass is 9.81. The maximum absolute atomic E-state index is 14.3. The van der Waals surface area contributed by atoms with E-state index in [1.165, 1.54) is 6.92 Å². The maximum Gasteiger partial charge on any atom is 0.303 e. The van der Waals surface area contributed by atoms with E-state index in [0.717, 1.165) is 12.1 Å². The second-order valence-electron chi connectivity index (χ2n) is 7.26. The Bertz CT molecular complexity index is 694. The highest BCUT2D eigenvalue weighted by Gasteiger charge is 2.40. The molecule has 0 atom stereocenters. The molecule has 0 radical (unpaired) electrons. The van der Waals surface area contributed by atoms with Gasteiger partial charge in [0.15, 0.2) is 5.82 Å². The minimum atomic E-state index is -1.06. The van der Waals surface area contributed by atoms with E-state index in [1.807, 2.05) is 0 Å². The molecule has 1 aromatic rings. The van der Waals surface area contributed by atoms with Crippen molar-refractivity contribution in [1.29, 1.82) is 0 Å². The SMILES string of the molecule is CC(=O)OC(C)(C)CC1(O)CCN(c2c(F)cc([N+](=O)[O-])cc2Cl)CC1. The van der Waals surface area contributed by atoms with Gasteiger partial charge in [0.25, 0.3) is 5.69 Å². The van der Waals surface area contributed by atoms with Crippen molar-refractivity contribution in [3.05, 3.63) is 33.1 Å². The molecular formula is C17H22ClFN2O5. The summed E-state index contributed by atoms with van der Waals surface area (Å²) in [6.07, 6.45) is 0.902. The van der Waals surface area contributed by atoms with Gasteiger partial charge in [0.05, 0.1) is 27.3 Å². The van der Waals surface area contributed by atoms with Crippen LogP contribution in [0, 0.1) is 15.9 Å². The standard InChI is InChI=1S/C17H22ClFN2O5/c1-11(22)26-16(2,3)10-17(23)4-6-20(7-5-17)15-13(18)8-12(21(24)25)9-14(15)19/h8-9,23H,4-7,10H2,1-3H3. The molecule has 0 aliphatic carbocycles. The van der Waals surface area contributed by atoms with Crippen molar-refractivity contribution in [1.82, 2.24) is 0 Å². The summed E-state index contributed by atoms with van der Waals surface area (Å²) in [7, 11) is 0. The van der Waals surface area contributed by atoms with Gasteiger partial charge in [-0.25, -0.2) is 4.39 Å². The number of anilines is 1. The molecule has 1 heterocycles. The van der Waals surface area contributed by atoms with Gasteiger partial charge in [-0.2, -0.15) is 0 Å². The van der Waals surface area contributed by atoms with Crippen molar-refractivity contribution >= 4 is 28.9 Å². The van der Waals surface area contributed by atoms with Crippen molar-refractivity contribution < 1.29 is 24.0 Å². The number of ether oxygens (including phenoxy) is 1. The van der Waals surface area contributed by atoms with Gasteiger partial charge in [0, 0.05) is 32.5 Å². The van der Waals surface area contributed by atoms with Crippen LogP contribution in [0.4, 0.5) is 15.8 Å². The van der Waals surface area contributed by atoms with Gasteiger partial charge in [-0.15, -0.1) is 0 Å². The average molecular weight is 389 g/mol. The Morgan fingerprint density at radius 1 is 1.46 bits per heavy atom. The summed E-state index contributed by atoms with van der Waals surface area (Å²) in [5, 5.41) is 21.6. The number of rotatable bonds is 5. The van der Waals surface area contributed by atoms with Crippen LogP contribution in [0.3, 0.4) is 0 Å². The maximum atomic E-state index is 14.3.